The van der Waals surface area contributed by atoms with Gasteiger partial charge in [-0.05, 0) is 71.3 Å². The molecule has 2 amide bonds. The third-order valence-corrected chi connectivity index (χ3v) is 6.94. The highest BCUT2D eigenvalue weighted by atomic mass is 16.2. The van der Waals surface area contributed by atoms with Crippen LogP contribution in [-0.4, -0.2) is 30.6 Å². The van der Waals surface area contributed by atoms with Crippen molar-refractivity contribution >= 4 is 34.4 Å². The van der Waals surface area contributed by atoms with Gasteiger partial charge in [0.15, 0.2) is 0 Å². The van der Waals surface area contributed by atoms with Crippen LogP contribution in [0.25, 0.3) is 16.3 Å². The predicted molar refractivity (Wildman–Crippen MR) is 145 cm³/mol. The molecule has 7 nitrogen and oxygen atoms in total. The number of benzene rings is 3. The average Bonchev–Trinajstić information content (AvgIpc) is 3.85. The van der Waals surface area contributed by atoms with E-state index in [2.05, 4.69) is 39.9 Å². The molecule has 2 saturated carbocycles. The van der Waals surface area contributed by atoms with Crippen LogP contribution in [0, 0.1) is 11.3 Å². The van der Waals surface area contributed by atoms with Gasteiger partial charge in [0.2, 0.25) is 5.91 Å². The maximum absolute atomic E-state index is 13.5. The maximum atomic E-state index is 13.5. The van der Waals surface area contributed by atoms with Crippen molar-refractivity contribution in [1.29, 1.82) is 5.26 Å². The summed E-state index contributed by atoms with van der Waals surface area (Å²) in [5.74, 6) is -0.517. The van der Waals surface area contributed by atoms with Gasteiger partial charge in [0, 0.05) is 23.6 Å². The molecule has 3 aromatic carbocycles. The summed E-state index contributed by atoms with van der Waals surface area (Å²) in [5.41, 5.74) is 9.45. The van der Waals surface area contributed by atoms with E-state index in [1.807, 2.05) is 24.4 Å². The van der Waals surface area contributed by atoms with Crippen molar-refractivity contribution in [3.63, 3.8) is 0 Å². The minimum Gasteiger partial charge on any atom is -0.404 e. The van der Waals surface area contributed by atoms with Crippen molar-refractivity contribution in [2.75, 3.05) is 6.54 Å². The van der Waals surface area contributed by atoms with Gasteiger partial charge in [-0.2, -0.15) is 5.26 Å². The molecule has 0 saturated heterocycles. The van der Waals surface area contributed by atoms with E-state index >= 15 is 0 Å². The molecule has 0 spiro atoms. The van der Waals surface area contributed by atoms with E-state index in [0.717, 1.165) is 53.2 Å². The van der Waals surface area contributed by atoms with E-state index in [4.69, 9.17) is 11.0 Å². The van der Waals surface area contributed by atoms with Crippen LogP contribution in [0.3, 0.4) is 0 Å². The lowest BCUT2D eigenvalue weighted by molar-refractivity contribution is -0.120. The fourth-order valence-electron chi connectivity index (χ4n) is 4.64. The second-order valence-corrected chi connectivity index (χ2v) is 9.68. The first-order valence-electron chi connectivity index (χ1n) is 12.6. The molecule has 0 radical (unpaired) electrons. The number of rotatable bonds is 9. The summed E-state index contributed by atoms with van der Waals surface area (Å²) in [6.07, 6.45) is 7.34. The highest BCUT2D eigenvalue weighted by molar-refractivity contribution is 6.11. The number of hydrogen-bond donors (Lipinski definition) is 3. The van der Waals surface area contributed by atoms with Crippen LogP contribution < -0.4 is 16.4 Å². The van der Waals surface area contributed by atoms with Gasteiger partial charge in [0.25, 0.3) is 5.91 Å². The molecule has 3 aromatic rings. The first-order chi connectivity index (χ1) is 18.0. The Hall–Kier alpha value is -4.44. The summed E-state index contributed by atoms with van der Waals surface area (Å²) < 4.78 is 0. The average molecular weight is 492 g/mol. The van der Waals surface area contributed by atoms with Crippen LogP contribution >= 0.6 is 0 Å². The molecular weight excluding hydrogens is 462 g/mol. The van der Waals surface area contributed by atoms with Crippen molar-refractivity contribution in [2.45, 2.75) is 43.7 Å². The lowest BCUT2D eigenvalue weighted by Gasteiger charge is -2.22. The van der Waals surface area contributed by atoms with Crippen LogP contribution in [0.15, 0.2) is 71.9 Å². The van der Waals surface area contributed by atoms with E-state index in [1.165, 1.54) is 0 Å². The van der Waals surface area contributed by atoms with Gasteiger partial charge in [-0.1, -0.05) is 42.5 Å². The standard InChI is InChI=1S/C30H29N5O2/c31-13-14-33-28(36)17-21-6-2-4-8-26(21)29(37)35-30(11-12-30)27-16-22(15-20-5-1-3-7-25(20)27)23(18-32)19-34-24-9-10-24/h1-8,15-16,18-19,24H,9-12,14,17,32H2,(H,33,36)(H,35,37)/b23-18+,34-19?. The number of fused-ring (bicyclic) bond motifs is 1. The lowest BCUT2D eigenvalue weighted by Crippen LogP contribution is -2.36. The number of nitrogens with two attached hydrogens (primary N) is 1. The molecule has 0 heterocycles. The Morgan fingerprint density at radius 1 is 1.11 bits per heavy atom. The van der Waals surface area contributed by atoms with Crippen LogP contribution in [0.1, 0.15) is 52.7 Å². The lowest BCUT2D eigenvalue weighted by atomic mass is 9.91. The Morgan fingerprint density at radius 2 is 1.86 bits per heavy atom. The minimum absolute atomic E-state index is 0.0294. The third kappa shape index (κ3) is 5.39. The Bertz CT molecular complexity index is 1460. The second-order valence-electron chi connectivity index (χ2n) is 9.68. The normalized spacial score (nSPS) is 16.4. The van der Waals surface area contributed by atoms with Crippen molar-refractivity contribution in [1.82, 2.24) is 10.6 Å². The Labute approximate surface area is 216 Å². The zero-order valence-electron chi connectivity index (χ0n) is 20.5. The number of aliphatic imine (C=N–C) groups is 1. The summed E-state index contributed by atoms with van der Waals surface area (Å²) >= 11 is 0. The number of carbonyl (C=O) groups is 2. The summed E-state index contributed by atoms with van der Waals surface area (Å²) in [5, 5.41) is 16.7. The monoisotopic (exact) mass is 491 g/mol. The Morgan fingerprint density at radius 3 is 2.59 bits per heavy atom. The number of amides is 2. The van der Waals surface area contributed by atoms with Crippen molar-refractivity contribution in [2.24, 2.45) is 10.7 Å². The number of carbonyl (C=O) groups excluding carboxylic acids is 2. The largest absolute Gasteiger partial charge is 0.404 e. The summed E-state index contributed by atoms with van der Waals surface area (Å²) in [6.45, 7) is -0.0652. The van der Waals surface area contributed by atoms with Gasteiger partial charge in [-0.15, -0.1) is 0 Å². The molecule has 2 aliphatic carbocycles. The zero-order valence-corrected chi connectivity index (χ0v) is 20.5. The fraction of sp³-hybridized carbons (Fsp3) is 0.267. The molecule has 7 heteroatoms. The van der Waals surface area contributed by atoms with Gasteiger partial charge in [-0.25, -0.2) is 0 Å². The number of nitrogens with zero attached hydrogens (tertiary/aromatic N) is 2. The zero-order chi connectivity index (χ0) is 25.8. The van der Waals surface area contributed by atoms with E-state index in [-0.39, 0.29) is 24.8 Å². The van der Waals surface area contributed by atoms with Crippen LogP contribution in [-0.2, 0) is 16.8 Å². The van der Waals surface area contributed by atoms with E-state index in [9.17, 15) is 9.59 Å². The van der Waals surface area contributed by atoms with Gasteiger partial charge in [0.05, 0.1) is 24.1 Å². The third-order valence-electron chi connectivity index (χ3n) is 6.94. The SMILES string of the molecule is N#CCNC(=O)Cc1ccccc1C(=O)NC1(c2cc(/C(C=NC3CC3)=C/N)cc3ccccc23)CC1. The van der Waals surface area contributed by atoms with Crippen LogP contribution in [0.2, 0.25) is 0 Å². The van der Waals surface area contributed by atoms with E-state index < -0.39 is 5.54 Å². The predicted octanol–water partition coefficient (Wildman–Crippen LogP) is 3.97. The summed E-state index contributed by atoms with van der Waals surface area (Å²) in [6, 6.07) is 21.8. The second kappa shape index (κ2) is 10.3. The molecule has 0 unspecified atom stereocenters. The van der Waals surface area contributed by atoms with Gasteiger partial charge in [-0.3, -0.25) is 14.6 Å². The molecule has 2 fully saturated rings. The fourth-order valence-corrected chi connectivity index (χ4v) is 4.64. The highest BCUT2D eigenvalue weighted by Gasteiger charge is 2.47. The maximum Gasteiger partial charge on any atom is 0.252 e. The number of nitriles is 1. The molecule has 37 heavy (non-hydrogen) atoms. The van der Waals surface area contributed by atoms with Crippen LogP contribution in [0.4, 0.5) is 0 Å². The molecule has 0 aromatic heterocycles. The quantitative estimate of drug-likeness (QED) is 0.310. The van der Waals surface area contributed by atoms with Gasteiger partial charge >= 0.3 is 0 Å². The molecule has 0 atom stereocenters. The van der Waals surface area contributed by atoms with E-state index in [0.29, 0.717) is 17.2 Å². The summed E-state index contributed by atoms with van der Waals surface area (Å²) in [7, 11) is 0. The first kappa shape index (κ1) is 24.3. The highest BCUT2D eigenvalue weighted by Crippen LogP contribution is 2.49. The molecular formula is C30H29N5O2. The number of hydrogen-bond acceptors (Lipinski definition) is 5. The molecule has 4 N–H and O–H groups in total. The topological polar surface area (TPSA) is 120 Å². The van der Waals surface area contributed by atoms with Gasteiger partial charge in [0.1, 0.15) is 6.54 Å². The van der Waals surface area contributed by atoms with Crippen molar-refractivity contribution < 1.29 is 9.59 Å². The van der Waals surface area contributed by atoms with Gasteiger partial charge < -0.3 is 16.4 Å². The minimum atomic E-state index is -0.504. The van der Waals surface area contributed by atoms with Crippen molar-refractivity contribution in [3.8, 4) is 6.07 Å². The summed E-state index contributed by atoms with van der Waals surface area (Å²) in [4.78, 5) is 30.4. The molecule has 0 aliphatic heterocycles. The molecule has 2 aliphatic rings. The number of allylic oxidation sites excluding steroid dienone is 1. The first-order valence-corrected chi connectivity index (χ1v) is 12.6. The smallest absolute Gasteiger partial charge is 0.252 e. The Kier molecular flexibility index (Phi) is 6.74. The molecule has 186 valence electrons. The Balaban J connectivity index is 1.46. The van der Waals surface area contributed by atoms with E-state index in [1.54, 1.807) is 30.5 Å². The van der Waals surface area contributed by atoms with Crippen LogP contribution in [0.5, 0.6) is 0 Å². The number of nitrogens with one attached hydrogen (secondary N) is 2. The van der Waals surface area contributed by atoms with Crippen molar-refractivity contribution in [3.05, 3.63) is 89.1 Å². The molecule has 5 rings (SSSR count). The molecule has 0 bridgehead atoms.